The molecule has 0 aromatic carbocycles. The largest absolute Gasteiger partial charge is 0.404 e. The molecule has 1 heterocycles. The quantitative estimate of drug-likeness (QED) is 0.628. The lowest BCUT2D eigenvalue weighted by molar-refractivity contribution is -0.216. The molecule has 1 aliphatic rings. The van der Waals surface area contributed by atoms with E-state index >= 15 is 0 Å². The van der Waals surface area contributed by atoms with Gasteiger partial charge in [0.15, 0.2) is 5.41 Å². The molecule has 17 heavy (non-hydrogen) atoms. The van der Waals surface area contributed by atoms with Gasteiger partial charge in [-0.2, -0.15) is 13.2 Å². The van der Waals surface area contributed by atoms with E-state index in [0.29, 0.717) is 0 Å². The summed E-state index contributed by atoms with van der Waals surface area (Å²) in [7, 11) is 1.34. The van der Waals surface area contributed by atoms with E-state index < -0.39 is 36.5 Å². The lowest BCUT2D eigenvalue weighted by Crippen LogP contribution is -2.53. The van der Waals surface area contributed by atoms with Crippen LogP contribution in [-0.4, -0.2) is 44.7 Å². The van der Waals surface area contributed by atoms with Gasteiger partial charge in [0.1, 0.15) is 0 Å². The number of carbonyl (C=O) groups is 2. The van der Waals surface area contributed by atoms with E-state index in [1.54, 1.807) is 0 Å². The monoisotopic (exact) mass is 253 g/mol. The molecule has 1 aliphatic heterocycles. The molecule has 0 radical (unpaired) electrons. The molecule has 8 heteroatoms. The second-order valence-corrected chi connectivity index (χ2v) is 3.86. The molecular formula is C9H14F3N3O2. The van der Waals surface area contributed by atoms with E-state index in [-0.39, 0.29) is 13.0 Å². The molecule has 1 atom stereocenters. The number of nitrogens with one attached hydrogen (secondary N) is 3. The molecule has 2 amide bonds. The van der Waals surface area contributed by atoms with E-state index in [2.05, 4.69) is 10.6 Å². The average Bonchev–Trinajstić information content (AvgIpc) is 2.74. The minimum atomic E-state index is -4.62. The highest BCUT2D eigenvalue weighted by Crippen LogP contribution is 2.43. The van der Waals surface area contributed by atoms with Crippen LogP contribution in [0.2, 0.25) is 0 Å². The molecule has 1 saturated heterocycles. The fourth-order valence-corrected chi connectivity index (χ4v) is 1.67. The molecular weight excluding hydrogens is 239 g/mol. The summed E-state index contributed by atoms with van der Waals surface area (Å²) < 4.78 is 38.6. The Bertz CT molecular complexity index is 311. The van der Waals surface area contributed by atoms with Crippen LogP contribution >= 0.6 is 0 Å². The van der Waals surface area contributed by atoms with Crippen molar-refractivity contribution in [3.05, 3.63) is 0 Å². The first-order valence-electron chi connectivity index (χ1n) is 5.10. The van der Waals surface area contributed by atoms with Gasteiger partial charge in [0.2, 0.25) is 11.8 Å². The predicted molar refractivity (Wildman–Crippen MR) is 53.1 cm³/mol. The number of hydrogen-bond donors (Lipinski definition) is 3. The second kappa shape index (κ2) is 4.91. The molecule has 0 spiro atoms. The lowest BCUT2D eigenvalue weighted by atomic mass is 9.85. The van der Waals surface area contributed by atoms with Gasteiger partial charge in [-0.15, -0.1) is 0 Å². The van der Waals surface area contributed by atoms with Gasteiger partial charge in [-0.05, 0) is 13.0 Å². The van der Waals surface area contributed by atoms with E-state index in [1.165, 1.54) is 7.05 Å². The van der Waals surface area contributed by atoms with E-state index in [0.717, 1.165) is 0 Å². The topological polar surface area (TPSA) is 70.2 Å². The fraction of sp³-hybridized carbons (Fsp3) is 0.778. The first-order valence-corrected chi connectivity index (χ1v) is 5.10. The minimum absolute atomic E-state index is 0.132. The van der Waals surface area contributed by atoms with Crippen molar-refractivity contribution in [2.75, 3.05) is 26.7 Å². The number of carbonyl (C=O) groups excluding carboxylic acids is 2. The van der Waals surface area contributed by atoms with Crippen LogP contribution in [0.15, 0.2) is 0 Å². The summed E-state index contributed by atoms with van der Waals surface area (Å²) >= 11 is 0. The van der Waals surface area contributed by atoms with E-state index in [4.69, 9.17) is 0 Å². The molecule has 0 aromatic heterocycles. The molecule has 1 fully saturated rings. The summed E-state index contributed by atoms with van der Waals surface area (Å²) in [6.07, 6.45) is -4.93. The van der Waals surface area contributed by atoms with Crippen LogP contribution in [-0.2, 0) is 9.59 Å². The van der Waals surface area contributed by atoms with Crippen LogP contribution in [0.5, 0.6) is 0 Å². The summed E-state index contributed by atoms with van der Waals surface area (Å²) in [5.74, 6) is -1.69. The summed E-state index contributed by atoms with van der Waals surface area (Å²) in [6.45, 7) is -0.768. The number of rotatable bonds is 3. The molecule has 1 rings (SSSR count). The minimum Gasteiger partial charge on any atom is -0.358 e. The van der Waals surface area contributed by atoms with Gasteiger partial charge in [-0.25, -0.2) is 0 Å². The molecule has 0 saturated carbocycles. The number of hydrogen-bond acceptors (Lipinski definition) is 3. The molecule has 98 valence electrons. The summed E-state index contributed by atoms with van der Waals surface area (Å²) in [4.78, 5) is 22.4. The maximum Gasteiger partial charge on any atom is 0.404 e. The smallest absolute Gasteiger partial charge is 0.358 e. The normalized spacial score (nSPS) is 24.5. The molecule has 0 bridgehead atoms. The van der Waals surface area contributed by atoms with E-state index in [1.807, 2.05) is 5.32 Å². The highest BCUT2D eigenvalue weighted by molar-refractivity contribution is 5.88. The van der Waals surface area contributed by atoms with Crippen LogP contribution < -0.4 is 16.0 Å². The van der Waals surface area contributed by atoms with Crippen LogP contribution in [0, 0.1) is 5.41 Å². The molecule has 0 aromatic rings. The highest BCUT2D eigenvalue weighted by atomic mass is 19.4. The first-order chi connectivity index (χ1) is 7.83. The number of amides is 2. The first kappa shape index (κ1) is 13.8. The van der Waals surface area contributed by atoms with Crippen molar-refractivity contribution in [3.63, 3.8) is 0 Å². The van der Waals surface area contributed by atoms with Crippen molar-refractivity contribution < 1.29 is 22.8 Å². The zero-order valence-electron chi connectivity index (χ0n) is 9.28. The Kier molecular flexibility index (Phi) is 3.97. The van der Waals surface area contributed by atoms with Gasteiger partial charge in [-0.3, -0.25) is 9.59 Å². The second-order valence-electron chi connectivity index (χ2n) is 3.86. The van der Waals surface area contributed by atoms with Gasteiger partial charge in [0, 0.05) is 13.6 Å². The third-order valence-electron chi connectivity index (χ3n) is 2.82. The van der Waals surface area contributed by atoms with Crippen molar-refractivity contribution in [2.24, 2.45) is 5.41 Å². The summed E-state index contributed by atoms with van der Waals surface area (Å²) in [6, 6.07) is 0. The third-order valence-corrected chi connectivity index (χ3v) is 2.82. The van der Waals surface area contributed by atoms with Crippen LogP contribution in [0.1, 0.15) is 6.42 Å². The van der Waals surface area contributed by atoms with Crippen molar-refractivity contribution in [1.82, 2.24) is 16.0 Å². The number of alkyl halides is 3. The molecule has 5 nitrogen and oxygen atoms in total. The average molecular weight is 253 g/mol. The van der Waals surface area contributed by atoms with E-state index in [9.17, 15) is 22.8 Å². The Morgan fingerprint density at radius 1 is 1.41 bits per heavy atom. The maximum absolute atomic E-state index is 12.9. The van der Waals surface area contributed by atoms with Crippen LogP contribution in [0.4, 0.5) is 13.2 Å². The van der Waals surface area contributed by atoms with Gasteiger partial charge < -0.3 is 16.0 Å². The Hall–Kier alpha value is -1.31. The Morgan fingerprint density at radius 2 is 2.06 bits per heavy atom. The maximum atomic E-state index is 12.9. The Morgan fingerprint density at radius 3 is 2.47 bits per heavy atom. The Balaban J connectivity index is 2.72. The van der Waals surface area contributed by atoms with Gasteiger partial charge in [-0.1, -0.05) is 0 Å². The van der Waals surface area contributed by atoms with Crippen molar-refractivity contribution in [2.45, 2.75) is 12.6 Å². The molecule has 0 aliphatic carbocycles. The van der Waals surface area contributed by atoms with Gasteiger partial charge in [0.25, 0.3) is 0 Å². The van der Waals surface area contributed by atoms with Crippen LogP contribution in [0.3, 0.4) is 0 Å². The summed E-state index contributed by atoms with van der Waals surface area (Å²) in [5.41, 5.74) is -2.42. The van der Waals surface area contributed by atoms with Crippen molar-refractivity contribution in [3.8, 4) is 0 Å². The summed E-state index contributed by atoms with van der Waals surface area (Å²) in [5, 5.41) is 6.74. The third kappa shape index (κ3) is 2.68. The van der Waals surface area contributed by atoms with Gasteiger partial charge in [0.05, 0.1) is 6.54 Å². The molecule has 1 unspecified atom stereocenters. The zero-order chi connectivity index (χ0) is 13.1. The zero-order valence-corrected chi connectivity index (χ0v) is 9.28. The SMILES string of the molecule is CNC(=O)CNC(=O)C1(C(F)(F)F)CCNC1. The standard InChI is InChI=1S/C9H14F3N3O2/c1-13-6(16)4-15-7(17)8(9(10,11)12)2-3-14-5-8/h14H,2-5H2,1H3,(H,13,16)(H,15,17). The lowest BCUT2D eigenvalue weighted by Gasteiger charge is -2.29. The fourth-order valence-electron chi connectivity index (χ4n) is 1.67. The Labute approximate surface area is 96.1 Å². The van der Waals surface area contributed by atoms with Crippen molar-refractivity contribution >= 4 is 11.8 Å². The predicted octanol–water partition coefficient (Wildman–Crippen LogP) is -0.609. The van der Waals surface area contributed by atoms with Gasteiger partial charge >= 0.3 is 6.18 Å². The van der Waals surface area contributed by atoms with Crippen molar-refractivity contribution in [1.29, 1.82) is 0 Å². The number of likely N-dealkylation sites (N-methyl/N-ethyl adjacent to an activating group) is 1. The molecule has 3 N–H and O–H groups in total. The number of halogens is 3. The highest BCUT2D eigenvalue weighted by Gasteiger charge is 2.61. The van der Waals surface area contributed by atoms with Crippen LogP contribution in [0.25, 0.3) is 0 Å².